The summed E-state index contributed by atoms with van der Waals surface area (Å²) in [5.41, 5.74) is 7.55. The molecule has 0 spiro atoms. The Morgan fingerprint density at radius 3 is 2.86 bits per heavy atom. The van der Waals surface area contributed by atoms with E-state index < -0.39 is 0 Å². The Kier molecular flexibility index (Phi) is 5.56. The molecule has 4 heteroatoms. The third-order valence-electron chi connectivity index (χ3n) is 3.05. The zero-order chi connectivity index (χ0) is 15.1. The predicted molar refractivity (Wildman–Crippen MR) is 87.0 cm³/mol. The first-order valence-corrected chi connectivity index (χ1v) is 7.59. The maximum Gasteiger partial charge on any atom is 0.224 e. The minimum atomic E-state index is 0.0345. The Hall–Kier alpha value is -2.09. The van der Waals surface area contributed by atoms with Crippen LogP contribution in [-0.2, 0) is 17.8 Å². The van der Waals surface area contributed by atoms with Crippen LogP contribution in [0, 0.1) is 18.8 Å². The number of carbonyl (C=O) groups excluding carboxylic acids is 1. The van der Waals surface area contributed by atoms with E-state index in [0.717, 1.165) is 20.9 Å². The van der Waals surface area contributed by atoms with E-state index in [9.17, 15) is 4.79 Å². The van der Waals surface area contributed by atoms with Gasteiger partial charge in [-0.2, -0.15) is 0 Å². The van der Waals surface area contributed by atoms with E-state index in [-0.39, 0.29) is 5.91 Å². The summed E-state index contributed by atoms with van der Waals surface area (Å²) >= 11 is 1.58. The molecule has 0 fully saturated rings. The van der Waals surface area contributed by atoms with Crippen molar-refractivity contribution in [3.05, 3.63) is 57.3 Å². The van der Waals surface area contributed by atoms with Gasteiger partial charge in [0.15, 0.2) is 0 Å². The van der Waals surface area contributed by atoms with Crippen LogP contribution < -0.4 is 11.1 Å². The fourth-order valence-corrected chi connectivity index (χ4v) is 2.73. The lowest BCUT2D eigenvalue weighted by atomic mass is 10.1. The van der Waals surface area contributed by atoms with Crippen LogP contribution >= 0.6 is 11.3 Å². The maximum atomic E-state index is 12.0. The lowest BCUT2D eigenvalue weighted by Crippen LogP contribution is -2.24. The lowest BCUT2D eigenvalue weighted by molar-refractivity contribution is -0.120. The van der Waals surface area contributed by atoms with Crippen molar-refractivity contribution in [2.45, 2.75) is 19.9 Å². The molecule has 1 amide bonds. The third kappa shape index (κ3) is 4.75. The predicted octanol–water partition coefficient (Wildman–Crippen LogP) is 2.23. The first-order chi connectivity index (χ1) is 10.2. The van der Waals surface area contributed by atoms with E-state index in [1.807, 2.05) is 43.3 Å². The van der Waals surface area contributed by atoms with Crippen LogP contribution in [-0.4, -0.2) is 12.5 Å². The van der Waals surface area contributed by atoms with Gasteiger partial charge < -0.3 is 11.1 Å². The molecular weight excluding hydrogens is 280 g/mol. The number of hydrogen-bond donors (Lipinski definition) is 2. The zero-order valence-electron chi connectivity index (χ0n) is 12.0. The first kappa shape index (κ1) is 15.3. The summed E-state index contributed by atoms with van der Waals surface area (Å²) in [6, 6.07) is 11.9. The van der Waals surface area contributed by atoms with Crippen molar-refractivity contribution in [1.29, 1.82) is 0 Å². The first-order valence-electron chi connectivity index (χ1n) is 6.78. The van der Waals surface area contributed by atoms with E-state index in [4.69, 9.17) is 5.73 Å². The summed E-state index contributed by atoms with van der Waals surface area (Å²) < 4.78 is 0. The Bertz CT molecular complexity index is 679. The number of amides is 1. The average Bonchev–Trinajstić information content (AvgIpc) is 2.93. The molecule has 0 bridgehead atoms. The van der Waals surface area contributed by atoms with Gasteiger partial charge in [0.1, 0.15) is 0 Å². The summed E-state index contributed by atoms with van der Waals surface area (Å²) in [5.74, 6) is 5.85. The van der Waals surface area contributed by atoms with E-state index in [2.05, 4.69) is 17.2 Å². The number of thiophene rings is 1. The number of rotatable bonds is 4. The van der Waals surface area contributed by atoms with E-state index in [1.54, 1.807) is 11.3 Å². The molecule has 3 nitrogen and oxygen atoms in total. The standard InChI is InChI=1S/C17H18N2OS/c1-13-5-2-3-6-14(13)11-17(20)19-12-16-9-8-15(21-16)7-4-10-18/h2-3,5-6,8-9H,10-12,18H2,1H3,(H,19,20). The van der Waals surface area contributed by atoms with Gasteiger partial charge in [0.25, 0.3) is 0 Å². The van der Waals surface area contributed by atoms with Crippen LogP contribution in [0.25, 0.3) is 0 Å². The molecule has 1 aromatic carbocycles. The van der Waals surface area contributed by atoms with Crippen molar-refractivity contribution < 1.29 is 4.79 Å². The molecule has 0 aliphatic rings. The molecule has 0 saturated carbocycles. The van der Waals surface area contributed by atoms with Gasteiger partial charge in [-0.15, -0.1) is 11.3 Å². The number of nitrogens with one attached hydrogen (secondary N) is 1. The second kappa shape index (κ2) is 7.63. The van der Waals surface area contributed by atoms with Crippen molar-refractivity contribution in [2.24, 2.45) is 5.73 Å². The average molecular weight is 298 g/mol. The highest BCUT2D eigenvalue weighted by Crippen LogP contribution is 2.15. The summed E-state index contributed by atoms with van der Waals surface area (Å²) in [4.78, 5) is 14.0. The van der Waals surface area contributed by atoms with Gasteiger partial charge in [0.2, 0.25) is 5.91 Å². The van der Waals surface area contributed by atoms with Crippen molar-refractivity contribution >= 4 is 17.2 Å². The maximum absolute atomic E-state index is 12.0. The van der Waals surface area contributed by atoms with Crippen LogP contribution in [0.15, 0.2) is 36.4 Å². The normalized spacial score (nSPS) is 9.81. The highest BCUT2D eigenvalue weighted by molar-refractivity contribution is 7.12. The Morgan fingerprint density at radius 2 is 2.10 bits per heavy atom. The molecular formula is C17H18N2OS. The molecule has 0 aliphatic carbocycles. The molecule has 2 rings (SSSR count). The van der Waals surface area contributed by atoms with Crippen LogP contribution in [0.5, 0.6) is 0 Å². The van der Waals surface area contributed by atoms with Crippen molar-refractivity contribution in [3.63, 3.8) is 0 Å². The number of carbonyl (C=O) groups is 1. The lowest BCUT2D eigenvalue weighted by Gasteiger charge is -2.06. The number of aryl methyl sites for hydroxylation is 1. The van der Waals surface area contributed by atoms with Gasteiger partial charge in [0.05, 0.1) is 24.4 Å². The number of benzene rings is 1. The Morgan fingerprint density at radius 1 is 1.29 bits per heavy atom. The molecule has 0 atom stereocenters. The minimum absolute atomic E-state index is 0.0345. The molecule has 0 saturated heterocycles. The monoisotopic (exact) mass is 298 g/mol. The molecule has 0 unspecified atom stereocenters. The molecule has 1 aromatic heterocycles. The number of nitrogens with two attached hydrogens (primary N) is 1. The van der Waals surface area contributed by atoms with Gasteiger partial charge in [0, 0.05) is 4.88 Å². The molecule has 3 N–H and O–H groups in total. The van der Waals surface area contributed by atoms with Crippen molar-refractivity contribution in [2.75, 3.05) is 6.54 Å². The SMILES string of the molecule is Cc1ccccc1CC(=O)NCc1ccc(C#CCN)s1. The van der Waals surface area contributed by atoms with Crippen LogP contribution in [0.1, 0.15) is 20.9 Å². The second-order valence-corrected chi connectivity index (χ2v) is 5.82. The molecule has 108 valence electrons. The zero-order valence-corrected chi connectivity index (χ0v) is 12.8. The quantitative estimate of drug-likeness (QED) is 0.851. The molecule has 21 heavy (non-hydrogen) atoms. The Balaban J connectivity index is 1.87. The summed E-state index contributed by atoms with van der Waals surface area (Å²) in [6.07, 6.45) is 0.415. The highest BCUT2D eigenvalue weighted by Gasteiger charge is 2.06. The van der Waals surface area contributed by atoms with Gasteiger partial charge in [-0.25, -0.2) is 0 Å². The van der Waals surface area contributed by atoms with Gasteiger partial charge >= 0.3 is 0 Å². The van der Waals surface area contributed by atoms with E-state index in [1.165, 1.54) is 0 Å². The second-order valence-electron chi connectivity index (χ2n) is 4.65. The van der Waals surface area contributed by atoms with Crippen molar-refractivity contribution in [3.8, 4) is 11.8 Å². The summed E-state index contributed by atoms with van der Waals surface area (Å²) in [6.45, 7) is 2.92. The van der Waals surface area contributed by atoms with Crippen molar-refractivity contribution in [1.82, 2.24) is 5.32 Å². The Labute approximate surface area is 129 Å². The summed E-state index contributed by atoms with van der Waals surface area (Å²) in [7, 11) is 0. The van der Waals surface area contributed by atoms with Crippen LogP contribution in [0.2, 0.25) is 0 Å². The molecule has 1 heterocycles. The molecule has 0 radical (unpaired) electrons. The summed E-state index contributed by atoms with van der Waals surface area (Å²) in [5, 5.41) is 2.94. The molecule has 0 aliphatic heterocycles. The van der Waals surface area contributed by atoms with Gasteiger partial charge in [-0.3, -0.25) is 4.79 Å². The van der Waals surface area contributed by atoms with Crippen LogP contribution in [0.3, 0.4) is 0 Å². The third-order valence-corrected chi connectivity index (χ3v) is 4.05. The topological polar surface area (TPSA) is 55.1 Å². The van der Waals surface area contributed by atoms with Gasteiger partial charge in [-0.1, -0.05) is 36.1 Å². The smallest absolute Gasteiger partial charge is 0.224 e. The fraction of sp³-hybridized carbons (Fsp3) is 0.235. The fourth-order valence-electron chi connectivity index (χ4n) is 1.91. The largest absolute Gasteiger partial charge is 0.351 e. The highest BCUT2D eigenvalue weighted by atomic mass is 32.1. The minimum Gasteiger partial charge on any atom is -0.351 e. The van der Waals surface area contributed by atoms with Gasteiger partial charge in [-0.05, 0) is 30.2 Å². The van der Waals surface area contributed by atoms with Crippen LogP contribution in [0.4, 0.5) is 0 Å². The molecule has 2 aromatic rings. The van der Waals surface area contributed by atoms with E-state index in [0.29, 0.717) is 19.5 Å². The van der Waals surface area contributed by atoms with E-state index >= 15 is 0 Å². The number of hydrogen-bond acceptors (Lipinski definition) is 3.